The van der Waals surface area contributed by atoms with Crippen molar-refractivity contribution in [1.29, 1.82) is 0 Å². The van der Waals surface area contributed by atoms with Gasteiger partial charge in [-0.25, -0.2) is 14.4 Å². The van der Waals surface area contributed by atoms with Crippen molar-refractivity contribution in [3.05, 3.63) is 46.1 Å². The first-order valence-corrected chi connectivity index (χ1v) is 7.10. The first-order valence-electron chi connectivity index (χ1n) is 6.72. The Labute approximate surface area is 122 Å². The van der Waals surface area contributed by atoms with E-state index in [1.807, 2.05) is 6.92 Å². The fourth-order valence-electron chi connectivity index (χ4n) is 2.53. The molecule has 0 radical (unpaired) electrons. The molecule has 0 fully saturated rings. The van der Waals surface area contributed by atoms with Gasteiger partial charge in [0, 0.05) is 16.9 Å². The third-order valence-electron chi connectivity index (χ3n) is 3.48. The summed E-state index contributed by atoms with van der Waals surface area (Å²) in [5.74, 6) is 1.15. The Morgan fingerprint density at radius 3 is 2.80 bits per heavy atom. The molecule has 0 unspecified atom stereocenters. The predicted molar refractivity (Wildman–Crippen MR) is 78.1 cm³/mol. The highest BCUT2D eigenvalue weighted by Crippen LogP contribution is 2.28. The number of rotatable bonds is 2. The van der Waals surface area contributed by atoms with E-state index in [0.717, 1.165) is 42.3 Å². The van der Waals surface area contributed by atoms with Crippen molar-refractivity contribution in [2.24, 2.45) is 0 Å². The lowest BCUT2D eigenvalue weighted by molar-refractivity contribution is 0.628. The van der Waals surface area contributed by atoms with Gasteiger partial charge in [-0.3, -0.25) is 0 Å². The van der Waals surface area contributed by atoms with Crippen LogP contribution in [0.2, 0.25) is 5.02 Å². The zero-order valence-corrected chi connectivity index (χ0v) is 12.0. The number of hydrogen-bond acceptors (Lipinski definition) is 3. The van der Waals surface area contributed by atoms with Crippen molar-refractivity contribution in [2.45, 2.75) is 32.6 Å². The molecule has 0 bridgehead atoms. The van der Waals surface area contributed by atoms with Crippen LogP contribution in [0, 0.1) is 12.7 Å². The van der Waals surface area contributed by atoms with Crippen molar-refractivity contribution < 1.29 is 4.39 Å². The average Bonchev–Trinajstić information content (AvgIpc) is 2.43. The number of anilines is 2. The van der Waals surface area contributed by atoms with Crippen LogP contribution in [0.4, 0.5) is 15.9 Å². The lowest BCUT2D eigenvalue weighted by atomic mass is 9.96. The molecule has 2 aromatic rings. The van der Waals surface area contributed by atoms with E-state index in [1.54, 1.807) is 12.1 Å². The molecular formula is C15H15ClFN3. The molecule has 5 heteroatoms. The highest BCUT2D eigenvalue weighted by molar-refractivity contribution is 6.31. The van der Waals surface area contributed by atoms with Crippen LogP contribution in [-0.2, 0) is 12.8 Å². The van der Waals surface area contributed by atoms with Gasteiger partial charge in [0.25, 0.3) is 0 Å². The molecule has 1 heterocycles. The van der Waals surface area contributed by atoms with Gasteiger partial charge in [0.1, 0.15) is 17.5 Å². The summed E-state index contributed by atoms with van der Waals surface area (Å²) in [7, 11) is 0. The monoisotopic (exact) mass is 291 g/mol. The van der Waals surface area contributed by atoms with Gasteiger partial charge in [-0.1, -0.05) is 11.6 Å². The number of nitrogens with one attached hydrogen (secondary N) is 1. The summed E-state index contributed by atoms with van der Waals surface area (Å²) in [6.45, 7) is 1.89. The Morgan fingerprint density at radius 1 is 1.20 bits per heavy atom. The smallest absolute Gasteiger partial charge is 0.141 e. The Hall–Kier alpha value is -1.68. The lowest BCUT2D eigenvalue weighted by Crippen LogP contribution is -2.12. The Balaban J connectivity index is 1.97. The SMILES string of the molecule is Cc1nc2c(c(Nc3ccc(F)c(Cl)c3)n1)CCCC2. The Bertz CT molecular complexity index is 658. The van der Waals surface area contributed by atoms with Gasteiger partial charge in [0.2, 0.25) is 0 Å². The summed E-state index contributed by atoms with van der Waals surface area (Å²) < 4.78 is 13.2. The van der Waals surface area contributed by atoms with E-state index in [2.05, 4.69) is 15.3 Å². The summed E-state index contributed by atoms with van der Waals surface area (Å²) >= 11 is 5.81. The second kappa shape index (κ2) is 5.37. The molecule has 0 amide bonds. The van der Waals surface area contributed by atoms with E-state index in [9.17, 15) is 4.39 Å². The number of halogens is 2. The molecule has 0 atom stereocenters. The third-order valence-corrected chi connectivity index (χ3v) is 3.77. The van der Waals surface area contributed by atoms with Crippen LogP contribution in [0.1, 0.15) is 29.9 Å². The van der Waals surface area contributed by atoms with Crippen molar-refractivity contribution in [1.82, 2.24) is 9.97 Å². The van der Waals surface area contributed by atoms with Crippen molar-refractivity contribution in [3.8, 4) is 0 Å². The molecule has 0 spiro atoms. The van der Waals surface area contributed by atoms with Crippen LogP contribution < -0.4 is 5.32 Å². The summed E-state index contributed by atoms with van der Waals surface area (Å²) in [6, 6.07) is 4.59. The normalized spacial score (nSPS) is 13.9. The van der Waals surface area contributed by atoms with Gasteiger partial charge < -0.3 is 5.32 Å². The molecule has 1 aliphatic carbocycles. The molecule has 0 saturated heterocycles. The van der Waals surface area contributed by atoms with Gasteiger partial charge in [0.15, 0.2) is 0 Å². The maximum absolute atomic E-state index is 13.2. The minimum absolute atomic E-state index is 0.106. The Kier molecular flexibility index (Phi) is 3.57. The number of aromatic nitrogens is 2. The second-order valence-electron chi connectivity index (χ2n) is 5.01. The van der Waals surface area contributed by atoms with Crippen LogP contribution in [0.15, 0.2) is 18.2 Å². The summed E-state index contributed by atoms with van der Waals surface area (Å²) in [4.78, 5) is 8.99. The molecule has 1 N–H and O–H groups in total. The molecule has 20 heavy (non-hydrogen) atoms. The number of aryl methyl sites for hydroxylation is 2. The molecule has 0 aliphatic heterocycles. The summed E-state index contributed by atoms with van der Waals surface area (Å²) in [5.41, 5.74) is 3.03. The van der Waals surface area contributed by atoms with Crippen LogP contribution in [0.25, 0.3) is 0 Å². The number of nitrogens with zero attached hydrogens (tertiary/aromatic N) is 2. The minimum Gasteiger partial charge on any atom is -0.340 e. The standard InChI is InChI=1S/C15H15ClFN3/c1-9-18-14-5-3-2-4-11(14)15(19-9)20-10-6-7-13(17)12(16)8-10/h6-8H,2-5H2,1H3,(H,18,19,20). The molecule has 3 nitrogen and oxygen atoms in total. The maximum Gasteiger partial charge on any atom is 0.141 e. The van der Waals surface area contributed by atoms with Crippen LogP contribution in [0.5, 0.6) is 0 Å². The molecule has 3 rings (SSSR count). The zero-order valence-electron chi connectivity index (χ0n) is 11.2. The molecule has 1 aromatic heterocycles. The van der Waals surface area contributed by atoms with Crippen LogP contribution in [0.3, 0.4) is 0 Å². The summed E-state index contributed by atoms with van der Waals surface area (Å²) in [6.07, 6.45) is 4.30. The van der Waals surface area contributed by atoms with Crippen molar-refractivity contribution in [3.63, 3.8) is 0 Å². The van der Waals surface area contributed by atoms with Gasteiger partial charge in [-0.05, 0) is 50.8 Å². The second-order valence-corrected chi connectivity index (χ2v) is 5.41. The predicted octanol–water partition coefficient (Wildman–Crippen LogP) is 4.20. The minimum atomic E-state index is -0.418. The van der Waals surface area contributed by atoms with E-state index in [-0.39, 0.29) is 5.02 Å². The van der Waals surface area contributed by atoms with Crippen molar-refractivity contribution >= 4 is 23.1 Å². The number of hydrogen-bond donors (Lipinski definition) is 1. The highest BCUT2D eigenvalue weighted by atomic mass is 35.5. The van der Waals surface area contributed by atoms with Gasteiger partial charge in [0.05, 0.1) is 5.02 Å². The topological polar surface area (TPSA) is 37.8 Å². The fraction of sp³-hybridized carbons (Fsp3) is 0.333. The fourth-order valence-corrected chi connectivity index (χ4v) is 2.71. The van der Waals surface area contributed by atoms with Crippen LogP contribution in [-0.4, -0.2) is 9.97 Å². The summed E-state index contributed by atoms with van der Waals surface area (Å²) in [5, 5.41) is 3.34. The Morgan fingerprint density at radius 2 is 2.00 bits per heavy atom. The number of benzene rings is 1. The first kappa shape index (κ1) is 13.3. The maximum atomic E-state index is 13.2. The average molecular weight is 292 g/mol. The quantitative estimate of drug-likeness (QED) is 0.901. The molecule has 1 aliphatic rings. The van der Waals surface area contributed by atoms with E-state index < -0.39 is 5.82 Å². The third kappa shape index (κ3) is 2.61. The highest BCUT2D eigenvalue weighted by Gasteiger charge is 2.17. The van der Waals surface area contributed by atoms with Gasteiger partial charge >= 0.3 is 0 Å². The largest absolute Gasteiger partial charge is 0.340 e. The van der Waals surface area contributed by atoms with Gasteiger partial charge in [-0.2, -0.15) is 0 Å². The van der Waals surface area contributed by atoms with E-state index in [0.29, 0.717) is 0 Å². The molecule has 1 aromatic carbocycles. The van der Waals surface area contributed by atoms with Crippen molar-refractivity contribution in [2.75, 3.05) is 5.32 Å². The van der Waals surface area contributed by atoms with E-state index in [4.69, 9.17) is 11.6 Å². The van der Waals surface area contributed by atoms with Crippen LogP contribution >= 0.6 is 11.6 Å². The first-order chi connectivity index (χ1) is 9.63. The van der Waals surface area contributed by atoms with Gasteiger partial charge in [-0.15, -0.1) is 0 Å². The molecular weight excluding hydrogens is 277 g/mol. The molecule has 0 saturated carbocycles. The lowest BCUT2D eigenvalue weighted by Gasteiger charge is -2.19. The number of fused-ring (bicyclic) bond motifs is 1. The molecule has 104 valence electrons. The van der Waals surface area contributed by atoms with E-state index >= 15 is 0 Å². The zero-order chi connectivity index (χ0) is 14.1. The van der Waals surface area contributed by atoms with E-state index in [1.165, 1.54) is 18.1 Å².